The number of esters is 1. The van der Waals surface area contributed by atoms with Crippen LogP contribution in [0.4, 0.5) is 5.13 Å². The zero-order valence-electron chi connectivity index (χ0n) is 19.3. The number of methoxy groups -OCH3 is 1. The van der Waals surface area contributed by atoms with E-state index in [1.807, 2.05) is 91.0 Å². The first kappa shape index (κ1) is 24.6. The predicted molar refractivity (Wildman–Crippen MR) is 137 cm³/mol. The van der Waals surface area contributed by atoms with Crippen LogP contribution in [0.5, 0.6) is 0 Å². The van der Waals surface area contributed by atoms with Crippen molar-refractivity contribution in [1.29, 1.82) is 0 Å². The molecule has 0 aliphatic heterocycles. The summed E-state index contributed by atoms with van der Waals surface area (Å²) in [4.78, 5) is 32.5. The molecule has 2 N–H and O–H groups in total. The molecule has 0 spiro atoms. The molecule has 0 bridgehead atoms. The second-order valence-electron chi connectivity index (χ2n) is 7.61. The van der Waals surface area contributed by atoms with Crippen LogP contribution in [0.3, 0.4) is 0 Å². The van der Waals surface area contributed by atoms with Crippen LogP contribution in [0.15, 0.2) is 102 Å². The minimum Gasteiger partial charge on any atom is -0.476 e. The van der Waals surface area contributed by atoms with Gasteiger partial charge >= 0.3 is 11.9 Å². The maximum atomic E-state index is 11.8. The molecule has 1 heterocycles. The lowest BCUT2D eigenvalue weighted by molar-refractivity contribution is -0.146. The number of nitrogens with one attached hydrogen (secondary N) is 1. The fourth-order valence-electron chi connectivity index (χ4n) is 3.79. The number of thiazole rings is 1. The molecule has 4 rings (SSSR count). The van der Waals surface area contributed by atoms with E-state index in [-0.39, 0.29) is 5.69 Å². The third-order valence-electron chi connectivity index (χ3n) is 5.43. The summed E-state index contributed by atoms with van der Waals surface area (Å²) >= 11 is 1.24. The smallest absolute Gasteiger partial charge is 0.360 e. The van der Waals surface area contributed by atoms with Gasteiger partial charge in [-0.25, -0.2) is 14.6 Å². The molecule has 36 heavy (non-hydrogen) atoms. The molecule has 0 amide bonds. The van der Waals surface area contributed by atoms with E-state index in [9.17, 15) is 14.7 Å². The van der Waals surface area contributed by atoms with Gasteiger partial charge in [0.15, 0.2) is 5.13 Å². The lowest BCUT2D eigenvalue weighted by Crippen LogP contribution is -2.38. The lowest BCUT2D eigenvalue weighted by Gasteiger charge is -2.36. The Hall–Kier alpha value is -4.50. The van der Waals surface area contributed by atoms with Crippen LogP contribution in [0.25, 0.3) is 0 Å². The van der Waals surface area contributed by atoms with Gasteiger partial charge in [0.25, 0.3) is 0 Å². The molecule has 8 nitrogen and oxygen atoms in total. The standard InChI is InChI=1S/C27H23N3O5S/c1-34-23(31)17-35-30-24(25(32)33)22-18-36-26(28-22)29-27(19-11-5-2-6-12-19,20-13-7-3-8-14-20)21-15-9-4-10-16-21/h2-16,18H,17H2,1H3,(H,28,29)(H,32,33). The number of carboxylic acid groups (broad SMARTS) is 1. The Morgan fingerprint density at radius 2 is 1.42 bits per heavy atom. The first-order chi connectivity index (χ1) is 17.5. The Morgan fingerprint density at radius 1 is 0.917 bits per heavy atom. The Morgan fingerprint density at radius 3 is 1.86 bits per heavy atom. The Bertz CT molecular complexity index is 1240. The molecular formula is C27H23N3O5S. The third-order valence-corrected chi connectivity index (χ3v) is 6.19. The first-order valence-corrected chi connectivity index (χ1v) is 11.8. The van der Waals surface area contributed by atoms with Gasteiger partial charge in [-0.3, -0.25) is 0 Å². The van der Waals surface area contributed by atoms with Crippen molar-refractivity contribution in [3.8, 4) is 0 Å². The Labute approximate surface area is 211 Å². The molecule has 0 aliphatic carbocycles. The van der Waals surface area contributed by atoms with E-state index in [1.54, 1.807) is 5.38 Å². The number of carboxylic acids is 1. The highest BCUT2D eigenvalue weighted by Gasteiger charge is 2.37. The van der Waals surface area contributed by atoms with Crippen molar-refractivity contribution in [3.05, 3.63) is 119 Å². The Balaban J connectivity index is 1.79. The minimum atomic E-state index is -1.34. The van der Waals surface area contributed by atoms with E-state index in [1.165, 1.54) is 18.4 Å². The van der Waals surface area contributed by atoms with Gasteiger partial charge in [-0.2, -0.15) is 0 Å². The maximum Gasteiger partial charge on any atom is 0.360 e. The zero-order chi connectivity index (χ0) is 25.4. The number of hydrogen-bond donors (Lipinski definition) is 2. The summed E-state index contributed by atoms with van der Waals surface area (Å²) in [5.41, 5.74) is 1.80. The van der Waals surface area contributed by atoms with Crippen molar-refractivity contribution in [3.63, 3.8) is 0 Å². The molecule has 0 atom stereocenters. The highest BCUT2D eigenvalue weighted by atomic mass is 32.1. The number of aromatic nitrogens is 1. The summed E-state index contributed by atoms with van der Waals surface area (Å²) in [6.07, 6.45) is 0. The number of hydrogen-bond acceptors (Lipinski definition) is 8. The Kier molecular flexibility index (Phi) is 7.72. The van der Waals surface area contributed by atoms with Crippen molar-refractivity contribution < 1.29 is 24.3 Å². The summed E-state index contributed by atoms with van der Waals surface area (Å²) in [5, 5.41) is 18.9. The quantitative estimate of drug-likeness (QED) is 0.142. The maximum absolute atomic E-state index is 11.8. The number of anilines is 1. The monoisotopic (exact) mass is 501 g/mol. The first-order valence-electron chi connectivity index (χ1n) is 11.0. The molecule has 3 aromatic carbocycles. The molecule has 4 aromatic rings. The number of ether oxygens (including phenoxy) is 1. The van der Waals surface area contributed by atoms with Gasteiger partial charge in [-0.15, -0.1) is 11.3 Å². The molecule has 0 radical (unpaired) electrons. The number of nitrogens with zero attached hydrogens (tertiary/aromatic N) is 2. The summed E-state index contributed by atoms with van der Waals surface area (Å²) in [7, 11) is 1.20. The van der Waals surface area contributed by atoms with Gasteiger partial charge in [0.05, 0.1) is 7.11 Å². The average Bonchev–Trinajstić information content (AvgIpc) is 3.38. The number of carbonyl (C=O) groups excluding carboxylic acids is 1. The number of oxime groups is 1. The number of carbonyl (C=O) groups is 2. The van der Waals surface area contributed by atoms with Crippen molar-refractivity contribution in [2.45, 2.75) is 5.54 Å². The second-order valence-corrected chi connectivity index (χ2v) is 8.46. The number of benzene rings is 3. The minimum absolute atomic E-state index is 0.1000. The second kappa shape index (κ2) is 11.3. The number of rotatable bonds is 10. The van der Waals surface area contributed by atoms with E-state index in [0.717, 1.165) is 16.7 Å². The van der Waals surface area contributed by atoms with Crippen LogP contribution >= 0.6 is 11.3 Å². The van der Waals surface area contributed by atoms with Crippen molar-refractivity contribution in [2.75, 3.05) is 19.0 Å². The van der Waals surface area contributed by atoms with Crippen LogP contribution in [0, 0.1) is 0 Å². The van der Waals surface area contributed by atoms with Crippen LogP contribution in [-0.4, -0.2) is 41.5 Å². The molecule has 0 saturated carbocycles. The van der Waals surface area contributed by atoms with Gasteiger partial charge in [0.1, 0.15) is 11.2 Å². The van der Waals surface area contributed by atoms with Crippen molar-refractivity contribution in [2.24, 2.45) is 5.16 Å². The molecule has 182 valence electrons. The van der Waals surface area contributed by atoms with Gasteiger partial charge in [-0.1, -0.05) is 96.2 Å². The van der Waals surface area contributed by atoms with Crippen molar-refractivity contribution in [1.82, 2.24) is 4.98 Å². The SMILES string of the molecule is COC(=O)CON=C(C(=O)O)c1csc(NC(c2ccccc2)(c2ccccc2)c2ccccc2)n1. The van der Waals surface area contributed by atoms with E-state index in [0.29, 0.717) is 5.13 Å². The number of aliphatic carboxylic acids is 1. The summed E-state index contributed by atoms with van der Waals surface area (Å²) < 4.78 is 4.48. The van der Waals surface area contributed by atoms with Crippen LogP contribution < -0.4 is 5.32 Å². The van der Waals surface area contributed by atoms with Gasteiger partial charge in [0.2, 0.25) is 12.3 Å². The highest BCUT2D eigenvalue weighted by molar-refractivity contribution is 7.14. The van der Waals surface area contributed by atoms with E-state index >= 15 is 0 Å². The molecular weight excluding hydrogens is 478 g/mol. The predicted octanol–water partition coefficient (Wildman–Crippen LogP) is 4.53. The topological polar surface area (TPSA) is 110 Å². The average molecular weight is 502 g/mol. The molecule has 0 aliphatic rings. The van der Waals surface area contributed by atoms with E-state index in [2.05, 4.69) is 20.2 Å². The molecule has 0 saturated heterocycles. The van der Waals surface area contributed by atoms with Crippen LogP contribution in [0.2, 0.25) is 0 Å². The fraction of sp³-hybridized carbons (Fsp3) is 0.111. The normalized spacial score (nSPS) is 11.5. The van der Waals surface area contributed by atoms with Gasteiger partial charge in [0, 0.05) is 5.38 Å². The lowest BCUT2D eigenvalue weighted by atomic mass is 9.77. The molecule has 0 unspecified atom stereocenters. The summed E-state index contributed by atoms with van der Waals surface area (Å²) in [5.74, 6) is -2.01. The van der Waals surface area contributed by atoms with Crippen LogP contribution in [-0.2, 0) is 24.7 Å². The summed E-state index contributed by atoms with van der Waals surface area (Å²) in [6.45, 7) is -0.512. The van der Waals surface area contributed by atoms with Gasteiger partial charge in [-0.05, 0) is 16.7 Å². The largest absolute Gasteiger partial charge is 0.476 e. The fourth-order valence-corrected chi connectivity index (χ4v) is 4.54. The van der Waals surface area contributed by atoms with Crippen molar-refractivity contribution >= 4 is 34.1 Å². The van der Waals surface area contributed by atoms with E-state index in [4.69, 9.17) is 4.84 Å². The molecule has 1 aromatic heterocycles. The zero-order valence-corrected chi connectivity index (χ0v) is 20.1. The molecule has 0 fully saturated rings. The molecule has 9 heteroatoms. The summed E-state index contributed by atoms with van der Waals surface area (Å²) in [6, 6.07) is 29.9. The van der Waals surface area contributed by atoms with Crippen LogP contribution in [0.1, 0.15) is 22.4 Å². The third kappa shape index (κ3) is 5.26. The van der Waals surface area contributed by atoms with E-state index < -0.39 is 29.8 Å². The highest BCUT2D eigenvalue weighted by Crippen LogP contribution is 2.40. The van der Waals surface area contributed by atoms with Gasteiger partial charge < -0.3 is 20.0 Å².